The van der Waals surface area contributed by atoms with E-state index in [9.17, 15) is 67.1 Å². The summed E-state index contributed by atoms with van der Waals surface area (Å²) >= 11 is 0. The lowest BCUT2D eigenvalue weighted by molar-refractivity contribution is -0.134. The van der Waals surface area contributed by atoms with Crippen LogP contribution in [-0.4, -0.2) is 83.6 Å². The summed E-state index contributed by atoms with van der Waals surface area (Å²) in [6, 6.07) is 11.5. The average molecular weight is 1340 g/mol. The summed E-state index contributed by atoms with van der Waals surface area (Å²) < 4.78 is 102. The van der Waals surface area contributed by atoms with Crippen molar-refractivity contribution in [2.24, 2.45) is 0 Å². The quantitative estimate of drug-likeness (QED) is 0.0425. The van der Waals surface area contributed by atoms with Gasteiger partial charge in [-0.25, -0.2) is 0 Å². The van der Waals surface area contributed by atoms with Gasteiger partial charge in [0.2, 0.25) is 23.0 Å². The number of esters is 14. The molecule has 502 valence electrons. The average Bonchev–Trinajstić information content (AvgIpc) is 0.754. The second-order valence-corrected chi connectivity index (χ2v) is 19.3. The van der Waals surface area contributed by atoms with E-state index in [0.717, 1.165) is 170 Å². The number of carbonyl (C=O) groups is 14. The topological polar surface area (TPSA) is 405 Å². The van der Waals surface area contributed by atoms with Crippen LogP contribution in [0.2, 0.25) is 0 Å². The van der Waals surface area contributed by atoms with E-state index in [1.54, 1.807) is 0 Å². The number of ether oxygens (including phenoxy) is 18. The van der Waals surface area contributed by atoms with Crippen molar-refractivity contribution in [2.45, 2.75) is 96.9 Å². The molecule has 6 rings (SSSR count). The maximum Gasteiger partial charge on any atom is 0.308 e. The van der Waals surface area contributed by atoms with Crippen molar-refractivity contribution in [1.29, 1.82) is 0 Å². The van der Waals surface area contributed by atoms with Crippen molar-refractivity contribution in [2.75, 3.05) is 0 Å². The van der Waals surface area contributed by atoms with Gasteiger partial charge in [0.25, 0.3) is 0 Å². The third kappa shape index (κ3) is 20.6. The zero-order valence-electron chi connectivity index (χ0n) is 53.0. The Balaban J connectivity index is 1.78. The van der Waals surface area contributed by atoms with E-state index in [1.165, 1.54) is 0 Å². The monoisotopic (exact) mass is 1330 g/mol. The Morgan fingerprint density at radius 2 is 0.365 bits per heavy atom. The molecule has 0 amide bonds. The first kappa shape index (κ1) is 72.2. The molecular formula is C64H54O32. The summed E-state index contributed by atoms with van der Waals surface area (Å²) in [7, 11) is 0. The molecule has 0 aliphatic heterocycles. The maximum absolute atomic E-state index is 13.4. The van der Waals surface area contributed by atoms with Gasteiger partial charge in [-0.05, 0) is 0 Å². The van der Waals surface area contributed by atoms with Gasteiger partial charge in [0, 0.05) is 170 Å². The van der Waals surface area contributed by atoms with Crippen LogP contribution >= 0.6 is 0 Å². The highest BCUT2D eigenvalue weighted by Crippen LogP contribution is 2.59. The molecule has 0 aromatic heterocycles. The molecule has 0 atom stereocenters. The van der Waals surface area contributed by atoms with E-state index in [0.29, 0.717) is 0 Å². The number of benzene rings is 6. The molecule has 0 saturated heterocycles. The zero-order valence-corrected chi connectivity index (χ0v) is 53.0. The first-order valence-electron chi connectivity index (χ1n) is 27.4. The Morgan fingerprint density at radius 1 is 0.167 bits per heavy atom. The highest BCUT2D eigenvalue weighted by atomic mass is 16.6. The van der Waals surface area contributed by atoms with Gasteiger partial charge in [0.1, 0.15) is 57.5 Å². The van der Waals surface area contributed by atoms with E-state index < -0.39 is 204 Å². The van der Waals surface area contributed by atoms with Crippen LogP contribution in [0.1, 0.15) is 96.9 Å². The van der Waals surface area contributed by atoms with E-state index >= 15 is 0 Å². The maximum atomic E-state index is 13.4. The number of hydrogen-bond acceptors (Lipinski definition) is 32. The summed E-state index contributed by atoms with van der Waals surface area (Å²) in [6.07, 6.45) is 0. The minimum absolute atomic E-state index is 0.313. The first-order chi connectivity index (χ1) is 45.0. The highest BCUT2D eigenvalue weighted by Gasteiger charge is 2.35. The fourth-order valence-electron chi connectivity index (χ4n) is 8.19. The molecule has 0 saturated carbocycles. The van der Waals surface area contributed by atoms with Gasteiger partial charge in [0.15, 0.2) is 46.0 Å². The summed E-state index contributed by atoms with van der Waals surface area (Å²) in [5.41, 5.74) is -1.24. The Hall–Kier alpha value is -12.9. The molecule has 0 aliphatic carbocycles. The van der Waals surface area contributed by atoms with Gasteiger partial charge in [-0.2, -0.15) is 0 Å². The largest absolute Gasteiger partial charge is 0.449 e. The molecule has 0 bridgehead atoms. The number of hydrogen-bond donors (Lipinski definition) is 0. The minimum Gasteiger partial charge on any atom is -0.449 e. The second-order valence-electron chi connectivity index (χ2n) is 19.3. The molecule has 0 fully saturated rings. The highest BCUT2D eigenvalue weighted by molar-refractivity contribution is 5.95. The predicted octanol–water partition coefficient (Wildman–Crippen LogP) is 9.48. The Morgan fingerprint density at radius 3 is 0.667 bits per heavy atom. The van der Waals surface area contributed by atoms with E-state index in [4.69, 9.17) is 85.3 Å². The van der Waals surface area contributed by atoms with Gasteiger partial charge >= 0.3 is 83.6 Å². The van der Waals surface area contributed by atoms with E-state index in [-0.39, 0.29) is 17.2 Å². The molecule has 0 unspecified atom stereocenters. The molecule has 0 N–H and O–H groups in total. The van der Waals surface area contributed by atoms with Crippen LogP contribution in [-0.2, 0) is 67.1 Å². The molecule has 0 aliphatic rings. The second kappa shape index (κ2) is 31.4. The molecule has 0 heterocycles. The molecule has 32 heteroatoms. The lowest BCUT2D eigenvalue weighted by atomic mass is 9.99. The molecular weight excluding hydrogens is 1280 g/mol. The first-order valence-corrected chi connectivity index (χ1v) is 27.4. The van der Waals surface area contributed by atoms with Crippen molar-refractivity contribution >= 4 is 83.6 Å². The normalized spacial score (nSPS) is 10.4. The van der Waals surface area contributed by atoms with E-state index in [2.05, 4.69) is 0 Å². The van der Waals surface area contributed by atoms with Gasteiger partial charge in [0.05, 0.1) is 11.1 Å². The van der Waals surface area contributed by atoms with Crippen molar-refractivity contribution < 1.29 is 152 Å². The molecule has 32 nitrogen and oxygen atoms in total. The number of rotatable bonds is 23. The smallest absolute Gasteiger partial charge is 0.308 e. The zero-order chi connectivity index (χ0) is 71.2. The molecule has 6 aromatic carbocycles. The van der Waals surface area contributed by atoms with Crippen LogP contribution in [0.15, 0.2) is 72.8 Å². The summed E-state index contributed by atoms with van der Waals surface area (Å²) in [6.45, 7) is 13.3. The van der Waals surface area contributed by atoms with Crippen LogP contribution in [0, 0.1) is 0 Å². The molecule has 6 aromatic rings. The van der Waals surface area contributed by atoms with Crippen molar-refractivity contribution in [3.05, 3.63) is 72.8 Å². The standard InChI is InChI=1S/C64H54O32/c1-27(65)79-41-15-42(80-28(2)66)17-43(16-41)93-60-55(95-61-51(87-35(9)73)20-45(82-30(4)68)21-52(61)88-36(10)74)22-46(83-31(5)69)23-56(60)96-62-53(89-37(11)75)24-47(25-54(62)90-38(12)76)94-63-57(91-39(13)77)26-50(86-34(8)72)59(64(63)92-40(14)78)58-48(84-32(6)70)18-44(81-29(3)67)19-49(58)85-33(7)71/h15-26H,1-14H3. The summed E-state index contributed by atoms with van der Waals surface area (Å²) in [5, 5.41) is 0. The van der Waals surface area contributed by atoms with E-state index in [1.807, 2.05) is 0 Å². The lowest BCUT2D eigenvalue weighted by Gasteiger charge is -2.24. The van der Waals surface area contributed by atoms with Gasteiger partial charge < -0.3 is 85.3 Å². The van der Waals surface area contributed by atoms with Crippen LogP contribution < -0.4 is 85.3 Å². The fourth-order valence-corrected chi connectivity index (χ4v) is 8.19. The molecule has 96 heavy (non-hydrogen) atoms. The molecule has 0 radical (unpaired) electrons. The lowest BCUT2D eigenvalue weighted by Crippen LogP contribution is -2.13. The van der Waals surface area contributed by atoms with Crippen molar-refractivity contribution in [1.82, 2.24) is 0 Å². The van der Waals surface area contributed by atoms with Crippen LogP contribution in [0.4, 0.5) is 0 Å². The Labute approximate surface area is 541 Å². The van der Waals surface area contributed by atoms with Gasteiger partial charge in [-0.3, -0.25) is 67.1 Å². The van der Waals surface area contributed by atoms with Crippen LogP contribution in [0.3, 0.4) is 0 Å². The van der Waals surface area contributed by atoms with Crippen molar-refractivity contribution in [3.8, 4) is 138 Å². The predicted molar refractivity (Wildman–Crippen MR) is 316 cm³/mol. The van der Waals surface area contributed by atoms with Crippen LogP contribution in [0.5, 0.6) is 126 Å². The third-order valence-electron chi connectivity index (χ3n) is 10.7. The van der Waals surface area contributed by atoms with Gasteiger partial charge in [-0.1, -0.05) is 0 Å². The third-order valence-corrected chi connectivity index (χ3v) is 10.7. The Kier molecular flexibility index (Phi) is 23.6. The fraction of sp³-hybridized carbons (Fsp3) is 0.219. The number of carbonyl (C=O) groups excluding carboxylic acids is 14. The van der Waals surface area contributed by atoms with Crippen molar-refractivity contribution in [3.63, 3.8) is 0 Å². The Bertz CT molecular complexity index is 4100. The minimum atomic E-state index is -1.21. The summed E-state index contributed by atoms with van der Waals surface area (Å²) in [4.78, 5) is 179. The van der Waals surface area contributed by atoms with Gasteiger partial charge in [-0.15, -0.1) is 0 Å². The SMILES string of the molecule is CC(=O)Oc1cc(OC(C)=O)cc(Oc2c(Oc3c(OC(C)=O)cc(OC(C)=O)cc3OC(C)=O)cc(OC(C)=O)cc2Oc2c(OC(C)=O)cc(Oc3c(OC(C)=O)cc(OC(C)=O)c(-c4c(OC(C)=O)cc(OC(C)=O)cc4OC(C)=O)c3OC(C)=O)cc2OC(C)=O)c1. The molecule has 0 spiro atoms. The van der Waals surface area contributed by atoms with Crippen LogP contribution in [0.25, 0.3) is 11.1 Å². The summed E-state index contributed by atoms with van der Waals surface area (Å²) in [5.74, 6) is -28.5.